The monoisotopic (exact) mass is 519 g/mol. The molecule has 8 nitrogen and oxygen atoms in total. The molecule has 4 rings (SSSR count). The number of amides is 1. The van der Waals surface area contributed by atoms with Crippen molar-refractivity contribution in [3.05, 3.63) is 65.4 Å². The highest BCUT2D eigenvalue weighted by atomic mass is 16.5. The van der Waals surface area contributed by atoms with Gasteiger partial charge in [0.2, 0.25) is 0 Å². The molecule has 0 bridgehead atoms. The van der Waals surface area contributed by atoms with Crippen LogP contribution in [0.25, 0.3) is 5.69 Å². The van der Waals surface area contributed by atoms with E-state index in [1.54, 1.807) is 14.2 Å². The van der Waals surface area contributed by atoms with Crippen LogP contribution in [0, 0.1) is 6.92 Å². The molecule has 38 heavy (non-hydrogen) atoms. The molecule has 0 N–H and O–H groups in total. The first kappa shape index (κ1) is 27.5. The molecular weight excluding hydrogens is 478 g/mol. The fourth-order valence-corrected chi connectivity index (χ4v) is 5.11. The molecule has 2 heterocycles. The minimum absolute atomic E-state index is 0.00128. The summed E-state index contributed by atoms with van der Waals surface area (Å²) in [6.07, 6.45) is 0.819. The van der Waals surface area contributed by atoms with E-state index in [1.165, 1.54) is 0 Å². The zero-order valence-electron chi connectivity index (χ0n) is 23.6. The van der Waals surface area contributed by atoms with E-state index in [0.717, 1.165) is 61.9 Å². The predicted octanol–water partition coefficient (Wildman–Crippen LogP) is 4.78. The van der Waals surface area contributed by atoms with Gasteiger partial charge in [0.05, 0.1) is 32.1 Å². The smallest absolute Gasteiger partial charge is 0.261 e. The van der Waals surface area contributed by atoms with Gasteiger partial charge in [-0.2, -0.15) is 5.10 Å². The Morgan fingerprint density at radius 1 is 0.974 bits per heavy atom. The second-order valence-corrected chi connectivity index (χ2v) is 9.78. The van der Waals surface area contributed by atoms with Gasteiger partial charge in [-0.1, -0.05) is 38.1 Å². The Kier molecular flexibility index (Phi) is 8.94. The van der Waals surface area contributed by atoms with Gasteiger partial charge >= 0.3 is 0 Å². The van der Waals surface area contributed by atoms with Crippen molar-refractivity contribution in [3.63, 3.8) is 0 Å². The number of nitrogens with zero attached hydrogens (tertiary/aromatic N) is 5. The number of para-hydroxylation sites is 1. The number of hydrogen-bond acceptors (Lipinski definition) is 6. The maximum Gasteiger partial charge on any atom is 0.261 e. The number of likely N-dealkylation sites (N-methyl/N-ethyl adjacent to an activating group) is 1. The molecular formula is C30H41N5O3. The normalized spacial score (nSPS) is 14.8. The summed E-state index contributed by atoms with van der Waals surface area (Å²) in [5.74, 6) is 1.98. The van der Waals surface area contributed by atoms with Crippen molar-refractivity contribution in [1.82, 2.24) is 19.6 Å². The van der Waals surface area contributed by atoms with Crippen LogP contribution in [0.1, 0.15) is 48.8 Å². The highest BCUT2D eigenvalue weighted by Crippen LogP contribution is 2.34. The third kappa shape index (κ3) is 5.50. The third-order valence-corrected chi connectivity index (χ3v) is 7.63. The summed E-state index contributed by atoms with van der Waals surface area (Å²) in [7, 11) is 3.17. The van der Waals surface area contributed by atoms with E-state index < -0.39 is 0 Å². The van der Waals surface area contributed by atoms with Crippen molar-refractivity contribution < 1.29 is 14.3 Å². The Morgan fingerprint density at radius 2 is 1.61 bits per heavy atom. The van der Waals surface area contributed by atoms with Crippen molar-refractivity contribution >= 4 is 11.7 Å². The Morgan fingerprint density at radius 3 is 2.16 bits per heavy atom. The highest BCUT2D eigenvalue weighted by molar-refractivity contribution is 6.00. The minimum atomic E-state index is -0.109. The standard InChI is InChI=1S/C30H41N5O3/c1-7-22(3)34(30(36)28-26(37-5)15-12-16-27(28)38-6)21-25-23(4)31-35(24-13-10-9-11-14-24)29(25)33-19-17-32(8-2)18-20-33/h9-16,22H,7-8,17-21H2,1-6H3. The quantitative estimate of drug-likeness (QED) is 0.384. The lowest BCUT2D eigenvalue weighted by Crippen LogP contribution is -2.47. The molecule has 0 aliphatic carbocycles. The van der Waals surface area contributed by atoms with Crippen molar-refractivity contribution in [2.75, 3.05) is 51.8 Å². The first-order valence-electron chi connectivity index (χ1n) is 13.6. The first-order chi connectivity index (χ1) is 18.4. The van der Waals surface area contributed by atoms with Crippen LogP contribution in [0.4, 0.5) is 5.82 Å². The van der Waals surface area contributed by atoms with Crippen molar-refractivity contribution in [1.29, 1.82) is 0 Å². The number of anilines is 1. The first-order valence-corrected chi connectivity index (χ1v) is 13.6. The van der Waals surface area contributed by atoms with E-state index in [9.17, 15) is 4.79 Å². The molecule has 1 aromatic heterocycles. The SMILES string of the molecule is CCC(C)N(Cc1c(C)nn(-c2ccccc2)c1N1CCN(CC)CC1)C(=O)c1c(OC)cccc1OC. The number of piperazine rings is 1. The summed E-state index contributed by atoms with van der Waals surface area (Å²) in [5.41, 5.74) is 3.46. The number of methoxy groups -OCH3 is 2. The van der Waals surface area contributed by atoms with Gasteiger partial charge in [0.1, 0.15) is 22.9 Å². The van der Waals surface area contributed by atoms with Crippen molar-refractivity contribution in [2.24, 2.45) is 0 Å². The average molecular weight is 520 g/mol. The van der Waals surface area contributed by atoms with Crippen LogP contribution in [-0.2, 0) is 6.54 Å². The zero-order valence-corrected chi connectivity index (χ0v) is 23.6. The number of ether oxygens (including phenoxy) is 2. The van der Waals surface area contributed by atoms with Crippen LogP contribution in [-0.4, -0.2) is 78.5 Å². The highest BCUT2D eigenvalue weighted by Gasteiger charge is 2.31. The van der Waals surface area contributed by atoms with Gasteiger partial charge in [-0.3, -0.25) is 4.79 Å². The summed E-state index contributed by atoms with van der Waals surface area (Å²) in [5, 5.41) is 5.01. The van der Waals surface area contributed by atoms with Crippen LogP contribution >= 0.6 is 0 Å². The number of carbonyl (C=O) groups excluding carboxylic acids is 1. The van der Waals surface area contributed by atoms with Crippen LogP contribution in [0.5, 0.6) is 11.5 Å². The van der Waals surface area contributed by atoms with Crippen LogP contribution in [0.3, 0.4) is 0 Å². The fraction of sp³-hybridized carbons (Fsp3) is 0.467. The Balaban J connectivity index is 1.80. The Hall–Kier alpha value is -3.52. The molecule has 0 spiro atoms. The van der Waals surface area contributed by atoms with Crippen LogP contribution in [0.2, 0.25) is 0 Å². The minimum Gasteiger partial charge on any atom is -0.496 e. The van der Waals surface area contributed by atoms with Gasteiger partial charge in [-0.15, -0.1) is 0 Å². The van der Waals surface area contributed by atoms with Crippen LogP contribution in [0.15, 0.2) is 48.5 Å². The molecule has 1 unspecified atom stereocenters. The van der Waals surface area contributed by atoms with Crippen molar-refractivity contribution in [2.45, 2.75) is 46.7 Å². The third-order valence-electron chi connectivity index (χ3n) is 7.63. The number of aryl methyl sites for hydroxylation is 1. The summed E-state index contributed by atoms with van der Waals surface area (Å²) >= 11 is 0. The van der Waals surface area contributed by atoms with Gasteiger partial charge in [0.15, 0.2) is 0 Å². The van der Waals surface area contributed by atoms with Gasteiger partial charge < -0.3 is 24.2 Å². The van der Waals surface area contributed by atoms with Gasteiger partial charge in [0, 0.05) is 37.8 Å². The molecule has 8 heteroatoms. The number of aromatic nitrogens is 2. The number of hydrogen-bond donors (Lipinski definition) is 0. The molecule has 3 aromatic rings. The molecule has 204 valence electrons. The van der Waals surface area contributed by atoms with E-state index in [4.69, 9.17) is 14.6 Å². The van der Waals surface area contributed by atoms with Gasteiger partial charge in [0.25, 0.3) is 5.91 Å². The van der Waals surface area contributed by atoms with Gasteiger partial charge in [-0.05, 0) is 51.1 Å². The summed E-state index contributed by atoms with van der Waals surface area (Å²) in [6, 6.07) is 15.7. The van der Waals surface area contributed by atoms with Gasteiger partial charge in [-0.25, -0.2) is 4.68 Å². The molecule has 0 radical (unpaired) electrons. The van der Waals surface area contributed by atoms with Crippen LogP contribution < -0.4 is 14.4 Å². The fourth-order valence-electron chi connectivity index (χ4n) is 5.11. The molecule has 1 fully saturated rings. The number of carbonyl (C=O) groups is 1. The van der Waals surface area contributed by atoms with E-state index in [-0.39, 0.29) is 11.9 Å². The van der Waals surface area contributed by atoms with E-state index in [0.29, 0.717) is 23.6 Å². The molecule has 1 aliphatic rings. The molecule has 0 saturated carbocycles. The van der Waals surface area contributed by atoms with Crippen molar-refractivity contribution in [3.8, 4) is 17.2 Å². The predicted molar refractivity (Wildman–Crippen MR) is 152 cm³/mol. The van der Waals surface area contributed by atoms with E-state index >= 15 is 0 Å². The number of benzene rings is 2. The van der Waals surface area contributed by atoms with E-state index in [2.05, 4.69) is 47.4 Å². The largest absolute Gasteiger partial charge is 0.496 e. The maximum absolute atomic E-state index is 14.2. The zero-order chi connectivity index (χ0) is 27.2. The average Bonchev–Trinajstić information content (AvgIpc) is 3.30. The lowest BCUT2D eigenvalue weighted by atomic mass is 10.1. The second-order valence-electron chi connectivity index (χ2n) is 9.78. The molecule has 2 aromatic carbocycles. The number of rotatable bonds is 10. The molecule has 1 amide bonds. The topological polar surface area (TPSA) is 63.1 Å². The molecule has 1 atom stereocenters. The summed E-state index contributed by atoms with van der Waals surface area (Å²) in [4.78, 5) is 21.0. The van der Waals surface area contributed by atoms with E-state index in [1.807, 2.05) is 48.2 Å². The Bertz CT molecular complexity index is 1200. The lowest BCUT2D eigenvalue weighted by Gasteiger charge is -2.37. The lowest BCUT2D eigenvalue weighted by molar-refractivity contribution is 0.0664. The maximum atomic E-state index is 14.2. The molecule has 1 aliphatic heterocycles. The second kappa shape index (κ2) is 12.3. The summed E-state index contributed by atoms with van der Waals surface area (Å²) < 4.78 is 13.2. The summed E-state index contributed by atoms with van der Waals surface area (Å²) in [6.45, 7) is 13.8. The Labute approximate surface area is 226 Å². The molecule has 1 saturated heterocycles.